The first-order valence-corrected chi connectivity index (χ1v) is 6.45. The van der Waals surface area contributed by atoms with Gasteiger partial charge in [-0.1, -0.05) is 11.6 Å². The molecule has 1 atom stereocenters. The maximum absolute atomic E-state index is 5.30. The number of nitrogens with zero attached hydrogens (tertiary/aromatic N) is 2. The number of hydrogen-bond donors (Lipinski definition) is 1. The smallest absolute Gasteiger partial charge is 0.226 e. The highest BCUT2D eigenvalue weighted by molar-refractivity contribution is 4.99. The van der Waals surface area contributed by atoms with Gasteiger partial charge in [-0.15, -0.1) is 0 Å². The predicted octanol–water partition coefficient (Wildman–Crippen LogP) is 1.88. The lowest BCUT2D eigenvalue weighted by Gasteiger charge is -2.20. The second-order valence-corrected chi connectivity index (χ2v) is 5.07. The topological polar surface area (TPSA) is 51.0 Å². The minimum Gasteiger partial charge on any atom is -0.339 e. The molecule has 0 bridgehead atoms. The molecule has 1 saturated heterocycles. The van der Waals surface area contributed by atoms with Gasteiger partial charge in [-0.3, -0.25) is 0 Å². The van der Waals surface area contributed by atoms with E-state index in [9.17, 15) is 0 Å². The van der Waals surface area contributed by atoms with E-state index in [-0.39, 0.29) is 0 Å². The molecular weight excluding hydrogens is 202 g/mol. The fourth-order valence-corrected chi connectivity index (χ4v) is 2.49. The van der Waals surface area contributed by atoms with Crippen molar-refractivity contribution in [3.8, 4) is 0 Å². The summed E-state index contributed by atoms with van der Waals surface area (Å²) >= 11 is 0. The van der Waals surface area contributed by atoms with E-state index in [1.165, 1.54) is 38.6 Å². The van der Waals surface area contributed by atoms with Crippen molar-refractivity contribution in [2.24, 2.45) is 5.92 Å². The van der Waals surface area contributed by atoms with Crippen LogP contribution in [0.2, 0.25) is 0 Å². The van der Waals surface area contributed by atoms with Gasteiger partial charge in [0.2, 0.25) is 5.89 Å². The van der Waals surface area contributed by atoms with Crippen molar-refractivity contribution in [3.63, 3.8) is 0 Å². The van der Waals surface area contributed by atoms with Crippen molar-refractivity contribution in [1.82, 2.24) is 15.5 Å². The van der Waals surface area contributed by atoms with Crippen LogP contribution < -0.4 is 5.32 Å². The third kappa shape index (κ3) is 2.12. The molecule has 2 fully saturated rings. The average Bonchev–Trinajstić information content (AvgIpc) is 2.81. The van der Waals surface area contributed by atoms with Crippen molar-refractivity contribution in [2.75, 3.05) is 13.1 Å². The fourth-order valence-electron chi connectivity index (χ4n) is 2.49. The Morgan fingerprint density at radius 3 is 2.94 bits per heavy atom. The van der Waals surface area contributed by atoms with Crippen LogP contribution in [0.5, 0.6) is 0 Å². The van der Waals surface area contributed by atoms with Crippen molar-refractivity contribution in [2.45, 2.75) is 44.4 Å². The summed E-state index contributed by atoms with van der Waals surface area (Å²) in [7, 11) is 0. The maximum atomic E-state index is 5.30. The van der Waals surface area contributed by atoms with Gasteiger partial charge in [-0.25, -0.2) is 0 Å². The molecule has 1 N–H and O–H groups in total. The van der Waals surface area contributed by atoms with E-state index in [2.05, 4.69) is 15.5 Å². The van der Waals surface area contributed by atoms with E-state index >= 15 is 0 Å². The Balaban J connectivity index is 1.51. The molecule has 1 aliphatic heterocycles. The minimum atomic E-state index is 0.589. The Morgan fingerprint density at radius 1 is 1.31 bits per heavy atom. The molecule has 88 valence electrons. The first-order chi connectivity index (χ1) is 7.92. The van der Waals surface area contributed by atoms with Crippen LogP contribution in [0.1, 0.15) is 49.7 Å². The van der Waals surface area contributed by atoms with Gasteiger partial charge in [-0.05, 0) is 44.7 Å². The average molecular weight is 221 g/mol. The summed E-state index contributed by atoms with van der Waals surface area (Å²) in [5, 5.41) is 7.47. The number of nitrogens with one attached hydrogen (secondary N) is 1. The third-order valence-corrected chi connectivity index (χ3v) is 3.88. The van der Waals surface area contributed by atoms with E-state index in [0.29, 0.717) is 5.92 Å². The monoisotopic (exact) mass is 221 g/mol. The van der Waals surface area contributed by atoms with E-state index < -0.39 is 0 Å². The largest absolute Gasteiger partial charge is 0.339 e. The highest BCUT2D eigenvalue weighted by atomic mass is 16.5. The van der Waals surface area contributed by atoms with Gasteiger partial charge in [0.05, 0.1) is 0 Å². The lowest BCUT2D eigenvalue weighted by atomic mass is 9.85. The van der Waals surface area contributed by atoms with Crippen LogP contribution in [0.15, 0.2) is 4.52 Å². The van der Waals surface area contributed by atoms with Crippen LogP contribution in [0.25, 0.3) is 0 Å². The first kappa shape index (κ1) is 10.3. The van der Waals surface area contributed by atoms with E-state index in [1.54, 1.807) is 0 Å². The summed E-state index contributed by atoms with van der Waals surface area (Å²) < 4.78 is 5.30. The van der Waals surface area contributed by atoms with Crippen LogP contribution in [-0.4, -0.2) is 23.2 Å². The van der Waals surface area contributed by atoms with Gasteiger partial charge < -0.3 is 9.84 Å². The molecule has 16 heavy (non-hydrogen) atoms. The Labute approximate surface area is 95.8 Å². The van der Waals surface area contributed by atoms with Crippen LogP contribution >= 0.6 is 0 Å². The molecule has 1 aromatic heterocycles. The standard InChI is InChI=1S/C12H19N3O/c1-2-10(3-1)12-14-11(16-15-12)5-4-9-6-7-13-8-9/h9-10,13H,1-8H2. The van der Waals surface area contributed by atoms with Crippen LogP contribution in [0, 0.1) is 5.92 Å². The third-order valence-electron chi connectivity index (χ3n) is 3.88. The van der Waals surface area contributed by atoms with Gasteiger partial charge in [0.15, 0.2) is 5.82 Å². The van der Waals surface area contributed by atoms with Gasteiger partial charge >= 0.3 is 0 Å². The predicted molar refractivity (Wildman–Crippen MR) is 60.2 cm³/mol. The Kier molecular flexibility index (Phi) is 2.91. The summed E-state index contributed by atoms with van der Waals surface area (Å²) in [4.78, 5) is 4.50. The molecule has 1 unspecified atom stereocenters. The number of rotatable bonds is 4. The van der Waals surface area contributed by atoms with Gasteiger partial charge in [0.1, 0.15) is 0 Å². The van der Waals surface area contributed by atoms with Crippen LogP contribution in [0.4, 0.5) is 0 Å². The first-order valence-electron chi connectivity index (χ1n) is 6.45. The fraction of sp³-hybridized carbons (Fsp3) is 0.833. The number of hydrogen-bond acceptors (Lipinski definition) is 4. The normalized spacial score (nSPS) is 25.9. The zero-order valence-electron chi connectivity index (χ0n) is 9.61. The molecular formula is C12H19N3O. The molecule has 3 rings (SSSR count). The van der Waals surface area contributed by atoms with E-state index in [1.807, 2.05) is 0 Å². The minimum absolute atomic E-state index is 0.589. The lowest BCUT2D eigenvalue weighted by Crippen LogP contribution is -2.11. The highest BCUT2D eigenvalue weighted by Crippen LogP contribution is 2.34. The number of aromatic nitrogens is 2. The summed E-state index contributed by atoms with van der Waals surface area (Å²) in [6.07, 6.45) is 7.23. The summed E-state index contributed by atoms with van der Waals surface area (Å²) in [5.74, 6) is 3.18. The van der Waals surface area contributed by atoms with Gasteiger partial charge in [0.25, 0.3) is 0 Å². The second kappa shape index (κ2) is 4.53. The Bertz CT molecular complexity index is 340. The molecule has 4 heteroatoms. The zero-order chi connectivity index (χ0) is 10.8. The zero-order valence-corrected chi connectivity index (χ0v) is 9.61. The molecule has 2 aliphatic rings. The van der Waals surface area contributed by atoms with E-state index in [0.717, 1.165) is 30.6 Å². The molecule has 1 saturated carbocycles. The molecule has 1 aliphatic carbocycles. The molecule has 0 amide bonds. The molecule has 0 aromatic carbocycles. The van der Waals surface area contributed by atoms with E-state index in [4.69, 9.17) is 4.52 Å². The molecule has 2 heterocycles. The van der Waals surface area contributed by atoms with Crippen LogP contribution in [-0.2, 0) is 6.42 Å². The van der Waals surface area contributed by atoms with Gasteiger partial charge in [-0.2, -0.15) is 4.98 Å². The second-order valence-electron chi connectivity index (χ2n) is 5.07. The quantitative estimate of drug-likeness (QED) is 0.843. The SMILES string of the molecule is C1CC(c2noc(CCC3CCNC3)n2)C1. The van der Waals surface area contributed by atoms with Crippen molar-refractivity contribution >= 4 is 0 Å². The van der Waals surface area contributed by atoms with Crippen molar-refractivity contribution in [3.05, 3.63) is 11.7 Å². The summed E-state index contributed by atoms with van der Waals surface area (Å²) in [6.45, 7) is 2.32. The lowest BCUT2D eigenvalue weighted by molar-refractivity contribution is 0.341. The molecule has 4 nitrogen and oxygen atoms in total. The van der Waals surface area contributed by atoms with Gasteiger partial charge in [0, 0.05) is 12.3 Å². The van der Waals surface area contributed by atoms with Crippen molar-refractivity contribution < 1.29 is 4.52 Å². The summed E-state index contributed by atoms with van der Waals surface area (Å²) in [5.41, 5.74) is 0. The Morgan fingerprint density at radius 2 is 2.25 bits per heavy atom. The molecule has 0 radical (unpaired) electrons. The highest BCUT2D eigenvalue weighted by Gasteiger charge is 2.24. The van der Waals surface area contributed by atoms with Crippen molar-refractivity contribution in [1.29, 1.82) is 0 Å². The maximum Gasteiger partial charge on any atom is 0.226 e. The number of aryl methyl sites for hydroxylation is 1. The summed E-state index contributed by atoms with van der Waals surface area (Å²) in [6, 6.07) is 0. The molecule has 0 spiro atoms. The molecule has 1 aromatic rings. The Hall–Kier alpha value is -0.900. The van der Waals surface area contributed by atoms with Crippen LogP contribution in [0.3, 0.4) is 0 Å².